The summed E-state index contributed by atoms with van der Waals surface area (Å²) in [6.07, 6.45) is 0.745. The molecular weight excluding hydrogens is 116 g/mol. The third-order valence-corrected chi connectivity index (χ3v) is 1.67. The van der Waals surface area contributed by atoms with E-state index in [1.54, 1.807) is 0 Å². The highest BCUT2D eigenvalue weighted by Crippen LogP contribution is 2.13. The van der Waals surface area contributed by atoms with E-state index in [0.717, 1.165) is 0 Å². The maximum atomic E-state index is 10.9. The number of Topliss-reactive ketones (excluding diaryl/α,β-unsaturated/α-hetero) is 1. The van der Waals surface area contributed by atoms with Crippen molar-refractivity contribution >= 4 is 5.78 Å². The van der Waals surface area contributed by atoms with Gasteiger partial charge in [0, 0.05) is 12.3 Å². The van der Waals surface area contributed by atoms with Crippen LogP contribution in [-0.4, -0.2) is 18.5 Å². The Bertz CT molecular complexity index is 120. The summed E-state index contributed by atoms with van der Waals surface area (Å²) >= 11 is 0. The monoisotopic (exact) mass is 128 g/mol. The quantitative estimate of drug-likeness (QED) is 0.486. The van der Waals surface area contributed by atoms with E-state index in [-0.39, 0.29) is 12.0 Å². The fourth-order valence-corrected chi connectivity index (χ4v) is 0.945. The second-order valence-corrected chi connectivity index (χ2v) is 2.72. The van der Waals surface area contributed by atoms with Crippen molar-refractivity contribution in [3.63, 3.8) is 0 Å². The Balaban J connectivity index is 2.44. The number of ketones is 1. The molecule has 0 bridgehead atoms. The lowest BCUT2D eigenvalue weighted by Crippen LogP contribution is -2.30. The standard InChI is InChI=1S/C7H12O2/c1-5-4-9-6(2)3-7(5)8/h5-6H,3-4H2,1-2H3/t5-,6-/m1/s1. The molecule has 1 aliphatic rings. The highest BCUT2D eigenvalue weighted by molar-refractivity contribution is 5.81. The molecule has 0 unspecified atom stereocenters. The first-order valence-corrected chi connectivity index (χ1v) is 3.34. The second-order valence-electron chi connectivity index (χ2n) is 2.72. The minimum Gasteiger partial charge on any atom is -0.377 e. The summed E-state index contributed by atoms with van der Waals surface area (Å²) in [7, 11) is 0. The van der Waals surface area contributed by atoms with Gasteiger partial charge in [0.15, 0.2) is 0 Å². The third kappa shape index (κ3) is 1.52. The first-order chi connectivity index (χ1) is 4.20. The third-order valence-electron chi connectivity index (χ3n) is 1.67. The number of carbonyl (C=O) groups is 1. The Morgan fingerprint density at radius 3 is 2.67 bits per heavy atom. The molecular formula is C7H12O2. The summed E-state index contributed by atoms with van der Waals surface area (Å²) in [5.74, 6) is 0.468. The van der Waals surface area contributed by atoms with Gasteiger partial charge in [0.05, 0.1) is 12.7 Å². The maximum absolute atomic E-state index is 10.9. The van der Waals surface area contributed by atoms with Crippen LogP contribution in [0.3, 0.4) is 0 Å². The largest absolute Gasteiger partial charge is 0.377 e. The van der Waals surface area contributed by atoms with Gasteiger partial charge in [-0.3, -0.25) is 4.79 Å². The van der Waals surface area contributed by atoms with Crippen molar-refractivity contribution in [3.05, 3.63) is 0 Å². The average Bonchev–Trinajstić information content (AvgIpc) is 1.80. The van der Waals surface area contributed by atoms with Gasteiger partial charge in [-0.1, -0.05) is 6.92 Å². The van der Waals surface area contributed by atoms with Crippen LogP contribution in [-0.2, 0) is 9.53 Å². The second kappa shape index (κ2) is 2.48. The van der Waals surface area contributed by atoms with E-state index in [9.17, 15) is 4.79 Å². The molecule has 0 aliphatic carbocycles. The predicted octanol–water partition coefficient (Wildman–Crippen LogP) is 1.00. The van der Waals surface area contributed by atoms with Crippen LogP contribution in [0.1, 0.15) is 20.3 Å². The normalized spacial score (nSPS) is 36.9. The van der Waals surface area contributed by atoms with Crippen molar-refractivity contribution in [2.45, 2.75) is 26.4 Å². The van der Waals surface area contributed by atoms with E-state index in [1.165, 1.54) is 0 Å². The first-order valence-electron chi connectivity index (χ1n) is 3.34. The van der Waals surface area contributed by atoms with Crippen LogP contribution in [0.25, 0.3) is 0 Å². The van der Waals surface area contributed by atoms with Crippen LogP contribution in [0.4, 0.5) is 0 Å². The minimum atomic E-state index is 0.126. The van der Waals surface area contributed by atoms with Gasteiger partial charge >= 0.3 is 0 Å². The topological polar surface area (TPSA) is 26.3 Å². The molecule has 0 radical (unpaired) electrons. The number of ether oxygens (including phenoxy) is 1. The molecule has 52 valence electrons. The average molecular weight is 128 g/mol. The smallest absolute Gasteiger partial charge is 0.140 e. The Hall–Kier alpha value is -0.370. The van der Waals surface area contributed by atoms with Crippen LogP contribution in [0, 0.1) is 5.92 Å². The highest BCUT2D eigenvalue weighted by Gasteiger charge is 2.22. The van der Waals surface area contributed by atoms with Gasteiger partial charge in [-0.15, -0.1) is 0 Å². The van der Waals surface area contributed by atoms with Gasteiger partial charge in [-0.2, -0.15) is 0 Å². The SMILES string of the molecule is C[C@@H]1CC(=O)[C@H](C)CO1. The molecule has 0 aromatic rings. The van der Waals surface area contributed by atoms with Crippen molar-refractivity contribution in [3.8, 4) is 0 Å². The Morgan fingerprint density at radius 2 is 2.22 bits per heavy atom. The van der Waals surface area contributed by atoms with E-state index >= 15 is 0 Å². The van der Waals surface area contributed by atoms with Crippen LogP contribution in [0.2, 0.25) is 0 Å². The van der Waals surface area contributed by atoms with Crippen molar-refractivity contribution < 1.29 is 9.53 Å². The van der Waals surface area contributed by atoms with Crippen molar-refractivity contribution in [2.24, 2.45) is 5.92 Å². The molecule has 0 saturated carbocycles. The van der Waals surface area contributed by atoms with E-state index in [0.29, 0.717) is 18.8 Å². The van der Waals surface area contributed by atoms with Crippen LogP contribution < -0.4 is 0 Å². The number of hydrogen-bond donors (Lipinski definition) is 0. The summed E-state index contributed by atoms with van der Waals surface area (Å²) in [6, 6.07) is 0. The molecule has 9 heavy (non-hydrogen) atoms. The fraction of sp³-hybridized carbons (Fsp3) is 0.857. The zero-order chi connectivity index (χ0) is 6.85. The Labute approximate surface area is 55.2 Å². The Morgan fingerprint density at radius 1 is 1.56 bits per heavy atom. The molecule has 1 rings (SSSR count). The minimum absolute atomic E-state index is 0.126. The lowest BCUT2D eigenvalue weighted by molar-refractivity contribution is -0.133. The molecule has 2 nitrogen and oxygen atoms in total. The summed E-state index contributed by atoms with van der Waals surface area (Å²) in [4.78, 5) is 10.9. The zero-order valence-electron chi connectivity index (χ0n) is 5.89. The molecule has 2 heteroatoms. The summed E-state index contributed by atoms with van der Waals surface area (Å²) in [6.45, 7) is 4.46. The van der Waals surface area contributed by atoms with Crippen LogP contribution >= 0.6 is 0 Å². The molecule has 0 N–H and O–H groups in total. The zero-order valence-corrected chi connectivity index (χ0v) is 5.89. The highest BCUT2D eigenvalue weighted by atomic mass is 16.5. The predicted molar refractivity (Wildman–Crippen MR) is 34.2 cm³/mol. The van der Waals surface area contributed by atoms with Crippen LogP contribution in [0.5, 0.6) is 0 Å². The molecule has 1 saturated heterocycles. The van der Waals surface area contributed by atoms with Gasteiger partial charge in [-0.25, -0.2) is 0 Å². The van der Waals surface area contributed by atoms with Crippen molar-refractivity contribution in [2.75, 3.05) is 6.61 Å². The fourth-order valence-electron chi connectivity index (χ4n) is 0.945. The molecule has 0 aromatic carbocycles. The van der Waals surface area contributed by atoms with E-state index in [1.807, 2.05) is 13.8 Å². The van der Waals surface area contributed by atoms with E-state index in [4.69, 9.17) is 4.74 Å². The van der Waals surface area contributed by atoms with Gasteiger partial charge in [0.1, 0.15) is 5.78 Å². The first kappa shape index (κ1) is 6.75. The van der Waals surface area contributed by atoms with E-state index in [2.05, 4.69) is 0 Å². The van der Waals surface area contributed by atoms with Crippen molar-refractivity contribution in [1.82, 2.24) is 0 Å². The molecule has 0 spiro atoms. The maximum Gasteiger partial charge on any atom is 0.140 e. The summed E-state index contributed by atoms with van der Waals surface area (Å²) in [5.41, 5.74) is 0. The lowest BCUT2D eigenvalue weighted by atomic mass is 10.00. The molecule has 2 atom stereocenters. The molecule has 1 aliphatic heterocycles. The lowest BCUT2D eigenvalue weighted by Gasteiger charge is -2.22. The van der Waals surface area contributed by atoms with Crippen molar-refractivity contribution in [1.29, 1.82) is 0 Å². The van der Waals surface area contributed by atoms with Gasteiger partial charge in [0.25, 0.3) is 0 Å². The molecule has 0 aromatic heterocycles. The van der Waals surface area contributed by atoms with Crippen LogP contribution in [0.15, 0.2) is 0 Å². The van der Waals surface area contributed by atoms with Gasteiger partial charge in [0.2, 0.25) is 0 Å². The van der Waals surface area contributed by atoms with Gasteiger partial charge in [-0.05, 0) is 6.92 Å². The number of hydrogen-bond acceptors (Lipinski definition) is 2. The molecule has 1 fully saturated rings. The summed E-state index contributed by atoms with van der Waals surface area (Å²) in [5, 5.41) is 0. The summed E-state index contributed by atoms with van der Waals surface area (Å²) < 4.78 is 5.24. The van der Waals surface area contributed by atoms with E-state index < -0.39 is 0 Å². The molecule has 1 heterocycles. The van der Waals surface area contributed by atoms with Gasteiger partial charge < -0.3 is 4.74 Å². The Kier molecular flexibility index (Phi) is 1.86. The molecule has 0 amide bonds. The number of rotatable bonds is 0. The number of carbonyl (C=O) groups excluding carboxylic acids is 1.